The van der Waals surface area contributed by atoms with E-state index in [0.29, 0.717) is 43.1 Å². The molecule has 3 rings (SSSR count). The number of benzene rings is 1. The van der Waals surface area contributed by atoms with Crippen molar-refractivity contribution in [1.29, 1.82) is 0 Å². The monoisotopic (exact) mass is 391 g/mol. The van der Waals surface area contributed by atoms with Crippen LogP contribution in [0.2, 0.25) is 5.02 Å². The number of piperidine rings is 1. The third-order valence-electron chi connectivity index (χ3n) is 5.39. The smallest absolute Gasteiger partial charge is 0.255 e. The van der Waals surface area contributed by atoms with Gasteiger partial charge in [0.1, 0.15) is 0 Å². The molecule has 0 saturated carbocycles. The molecular weight excluding hydrogens is 366 g/mol. The SMILES string of the molecule is CC(C)N1CC(C(=O)NC2CCN(C(=O)c3ccccc3Cl)CC2)CC1=O. The van der Waals surface area contributed by atoms with Crippen molar-refractivity contribution < 1.29 is 14.4 Å². The number of hydrogen-bond acceptors (Lipinski definition) is 3. The predicted octanol–water partition coefficient (Wildman–Crippen LogP) is 2.32. The number of rotatable bonds is 4. The first kappa shape index (κ1) is 19.7. The van der Waals surface area contributed by atoms with Gasteiger partial charge in [-0.3, -0.25) is 14.4 Å². The number of halogens is 1. The van der Waals surface area contributed by atoms with E-state index in [2.05, 4.69) is 5.32 Å². The highest BCUT2D eigenvalue weighted by atomic mass is 35.5. The Balaban J connectivity index is 1.50. The normalized spacial score (nSPS) is 21.0. The van der Waals surface area contributed by atoms with Crippen molar-refractivity contribution >= 4 is 29.3 Å². The number of nitrogens with zero attached hydrogens (tertiary/aromatic N) is 2. The van der Waals surface area contributed by atoms with Crippen LogP contribution in [-0.2, 0) is 9.59 Å². The van der Waals surface area contributed by atoms with Gasteiger partial charge >= 0.3 is 0 Å². The summed E-state index contributed by atoms with van der Waals surface area (Å²) in [6.45, 7) is 5.58. The van der Waals surface area contributed by atoms with Crippen molar-refractivity contribution in [2.24, 2.45) is 5.92 Å². The van der Waals surface area contributed by atoms with E-state index in [1.807, 2.05) is 13.8 Å². The summed E-state index contributed by atoms with van der Waals surface area (Å²) < 4.78 is 0. The summed E-state index contributed by atoms with van der Waals surface area (Å²) in [7, 11) is 0. The van der Waals surface area contributed by atoms with Gasteiger partial charge in [-0.25, -0.2) is 0 Å². The lowest BCUT2D eigenvalue weighted by molar-refractivity contribution is -0.130. The molecule has 1 N–H and O–H groups in total. The van der Waals surface area contributed by atoms with E-state index in [1.54, 1.807) is 34.1 Å². The first-order chi connectivity index (χ1) is 12.9. The topological polar surface area (TPSA) is 69.7 Å². The summed E-state index contributed by atoms with van der Waals surface area (Å²) in [5.74, 6) is -0.352. The van der Waals surface area contributed by atoms with Crippen molar-refractivity contribution in [2.75, 3.05) is 19.6 Å². The van der Waals surface area contributed by atoms with Gasteiger partial charge in [0.2, 0.25) is 11.8 Å². The van der Waals surface area contributed by atoms with Crippen molar-refractivity contribution in [2.45, 2.75) is 45.2 Å². The molecule has 0 spiro atoms. The number of amides is 3. The molecule has 0 aliphatic carbocycles. The Morgan fingerprint density at radius 3 is 2.44 bits per heavy atom. The maximum absolute atomic E-state index is 12.6. The van der Waals surface area contributed by atoms with Gasteiger partial charge in [-0.05, 0) is 38.8 Å². The molecule has 27 heavy (non-hydrogen) atoms. The number of carbonyl (C=O) groups is 3. The largest absolute Gasteiger partial charge is 0.353 e. The van der Waals surface area contributed by atoms with Crippen LogP contribution in [0.5, 0.6) is 0 Å². The Kier molecular flexibility index (Phi) is 6.05. The second-order valence-corrected chi connectivity index (χ2v) is 8.00. The van der Waals surface area contributed by atoms with E-state index in [0.717, 1.165) is 0 Å². The lowest BCUT2D eigenvalue weighted by Crippen LogP contribution is -2.48. The van der Waals surface area contributed by atoms with Crippen molar-refractivity contribution in [3.63, 3.8) is 0 Å². The standard InChI is InChI=1S/C20H26ClN3O3/c1-13(2)24-12-14(11-18(24)25)19(26)22-15-7-9-23(10-8-15)20(27)16-5-3-4-6-17(16)21/h3-6,13-15H,7-12H2,1-2H3,(H,22,26). The van der Waals surface area contributed by atoms with E-state index in [1.165, 1.54) is 0 Å². The van der Waals surface area contributed by atoms with Crippen molar-refractivity contribution in [3.05, 3.63) is 34.9 Å². The fraction of sp³-hybridized carbons (Fsp3) is 0.550. The third-order valence-corrected chi connectivity index (χ3v) is 5.71. The average molecular weight is 392 g/mol. The van der Waals surface area contributed by atoms with Gasteiger partial charge < -0.3 is 15.1 Å². The molecule has 1 aromatic carbocycles. The molecule has 2 saturated heterocycles. The lowest BCUT2D eigenvalue weighted by Gasteiger charge is -2.33. The summed E-state index contributed by atoms with van der Waals surface area (Å²) in [5, 5.41) is 3.53. The van der Waals surface area contributed by atoms with Crippen molar-refractivity contribution in [1.82, 2.24) is 15.1 Å². The zero-order valence-electron chi connectivity index (χ0n) is 15.8. The summed E-state index contributed by atoms with van der Waals surface area (Å²) in [4.78, 5) is 40.7. The van der Waals surface area contributed by atoms with Crippen LogP contribution in [0.1, 0.15) is 43.5 Å². The number of likely N-dealkylation sites (tertiary alicyclic amines) is 2. The molecule has 1 atom stereocenters. The third kappa shape index (κ3) is 4.43. The van der Waals surface area contributed by atoms with Gasteiger partial charge in [0, 0.05) is 38.1 Å². The maximum atomic E-state index is 12.6. The molecule has 7 heteroatoms. The predicted molar refractivity (Wildman–Crippen MR) is 103 cm³/mol. The Morgan fingerprint density at radius 2 is 1.85 bits per heavy atom. The van der Waals surface area contributed by atoms with Crippen molar-refractivity contribution in [3.8, 4) is 0 Å². The Labute approximate surface area is 164 Å². The fourth-order valence-electron chi connectivity index (χ4n) is 3.76. The minimum absolute atomic E-state index is 0.0380. The van der Waals surface area contributed by atoms with Crippen LogP contribution in [0.4, 0.5) is 0 Å². The highest BCUT2D eigenvalue weighted by Gasteiger charge is 2.36. The molecule has 6 nitrogen and oxygen atoms in total. The number of carbonyl (C=O) groups excluding carboxylic acids is 3. The zero-order valence-corrected chi connectivity index (χ0v) is 16.5. The first-order valence-electron chi connectivity index (χ1n) is 9.50. The average Bonchev–Trinajstić information content (AvgIpc) is 3.04. The van der Waals surface area contributed by atoms with E-state index in [4.69, 9.17) is 11.6 Å². The van der Waals surface area contributed by atoms with Gasteiger partial charge in [-0.2, -0.15) is 0 Å². The van der Waals surface area contributed by atoms with Crippen LogP contribution in [0.15, 0.2) is 24.3 Å². The molecule has 2 heterocycles. The van der Waals surface area contributed by atoms with Crippen LogP contribution in [0, 0.1) is 5.92 Å². The Bertz CT molecular complexity index is 729. The summed E-state index contributed by atoms with van der Waals surface area (Å²) in [6.07, 6.45) is 1.70. The highest BCUT2D eigenvalue weighted by molar-refractivity contribution is 6.33. The number of hydrogen-bond donors (Lipinski definition) is 1. The second-order valence-electron chi connectivity index (χ2n) is 7.60. The molecule has 1 aromatic rings. The van der Waals surface area contributed by atoms with E-state index >= 15 is 0 Å². The molecule has 3 amide bonds. The summed E-state index contributed by atoms with van der Waals surface area (Å²) in [5.41, 5.74) is 0.514. The molecule has 146 valence electrons. The molecule has 2 aliphatic rings. The van der Waals surface area contributed by atoms with E-state index in [-0.39, 0.29) is 42.1 Å². The quantitative estimate of drug-likeness (QED) is 0.856. The molecule has 0 aromatic heterocycles. The molecule has 2 fully saturated rings. The Hall–Kier alpha value is -2.08. The maximum Gasteiger partial charge on any atom is 0.255 e. The van der Waals surface area contributed by atoms with E-state index < -0.39 is 0 Å². The van der Waals surface area contributed by atoms with Crippen LogP contribution in [0.3, 0.4) is 0 Å². The Morgan fingerprint density at radius 1 is 1.19 bits per heavy atom. The van der Waals surface area contributed by atoms with Crippen LogP contribution in [0.25, 0.3) is 0 Å². The van der Waals surface area contributed by atoms with Crippen LogP contribution in [-0.4, -0.2) is 59.2 Å². The summed E-state index contributed by atoms with van der Waals surface area (Å²) in [6, 6.07) is 7.21. The van der Waals surface area contributed by atoms with Crippen LogP contribution >= 0.6 is 11.6 Å². The fourth-order valence-corrected chi connectivity index (χ4v) is 3.97. The van der Waals surface area contributed by atoms with Gasteiger partial charge in [0.05, 0.1) is 16.5 Å². The molecule has 0 radical (unpaired) electrons. The van der Waals surface area contributed by atoms with Crippen LogP contribution < -0.4 is 5.32 Å². The first-order valence-corrected chi connectivity index (χ1v) is 9.88. The van der Waals surface area contributed by atoms with E-state index in [9.17, 15) is 14.4 Å². The minimum atomic E-state index is -0.275. The van der Waals surface area contributed by atoms with Gasteiger partial charge in [-0.15, -0.1) is 0 Å². The van der Waals surface area contributed by atoms with Gasteiger partial charge in [0.25, 0.3) is 5.91 Å². The molecule has 0 bridgehead atoms. The highest BCUT2D eigenvalue weighted by Crippen LogP contribution is 2.22. The zero-order chi connectivity index (χ0) is 19.6. The minimum Gasteiger partial charge on any atom is -0.353 e. The number of nitrogens with one attached hydrogen (secondary N) is 1. The molecule has 1 unspecified atom stereocenters. The summed E-state index contributed by atoms with van der Waals surface area (Å²) >= 11 is 6.12. The molecular formula is C20H26ClN3O3. The van der Waals surface area contributed by atoms with Gasteiger partial charge in [0.15, 0.2) is 0 Å². The second kappa shape index (κ2) is 8.30. The lowest BCUT2D eigenvalue weighted by atomic mass is 10.0. The molecule has 2 aliphatic heterocycles. The van der Waals surface area contributed by atoms with Gasteiger partial charge in [-0.1, -0.05) is 23.7 Å².